The summed E-state index contributed by atoms with van der Waals surface area (Å²) in [6.45, 7) is 0. The number of thioether (sulfide) groups is 1. The largest absolute Gasteiger partial charge is 0.354 e. The van der Waals surface area contributed by atoms with Crippen LogP contribution in [0.1, 0.15) is 0 Å². The van der Waals surface area contributed by atoms with E-state index in [1.165, 1.54) is 29.4 Å². The van der Waals surface area contributed by atoms with Gasteiger partial charge in [0.05, 0.1) is 5.75 Å². The quantitative estimate of drug-likeness (QED) is 0.540. The Labute approximate surface area is 152 Å². The molecule has 2 aromatic heterocycles. The summed E-state index contributed by atoms with van der Waals surface area (Å²) in [6.07, 6.45) is 1.47. The zero-order valence-corrected chi connectivity index (χ0v) is 15.4. The van der Waals surface area contributed by atoms with Crippen molar-refractivity contribution in [3.05, 3.63) is 35.6 Å². The highest BCUT2D eigenvalue weighted by Crippen LogP contribution is 2.32. The van der Waals surface area contributed by atoms with Crippen LogP contribution in [0.25, 0.3) is 10.3 Å². The smallest absolute Gasteiger partial charge is 0.234 e. The van der Waals surface area contributed by atoms with Gasteiger partial charge >= 0.3 is 0 Å². The molecule has 1 N–H and O–H groups in total. The van der Waals surface area contributed by atoms with Crippen LogP contribution in [0.3, 0.4) is 0 Å². The molecule has 1 aromatic carbocycles. The highest BCUT2D eigenvalue weighted by atomic mass is 35.5. The van der Waals surface area contributed by atoms with Gasteiger partial charge in [-0.3, -0.25) is 4.79 Å². The molecule has 0 unspecified atom stereocenters. The van der Waals surface area contributed by atoms with Gasteiger partial charge in [0.2, 0.25) is 5.91 Å². The van der Waals surface area contributed by atoms with Gasteiger partial charge in [-0.2, -0.15) is 4.98 Å². The van der Waals surface area contributed by atoms with Gasteiger partial charge in [0.25, 0.3) is 0 Å². The van der Waals surface area contributed by atoms with Crippen molar-refractivity contribution in [2.24, 2.45) is 0 Å². The van der Waals surface area contributed by atoms with Crippen molar-refractivity contribution in [1.29, 1.82) is 0 Å². The number of benzene rings is 1. The third-order valence-electron chi connectivity index (χ3n) is 3.00. The molecule has 0 atom stereocenters. The van der Waals surface area contributed by atoms with Crippen molar-refractivity contribution in [1.82, 2.24) is 15.0 Å². The fourth-order valence-corrected chi connectivity index (χ4v) is 3.82. The standard InChI is InChI=1S/C15H14ClN5OS2/c1-21(2)15-20-13-12(24-15)14(18-8-17-13)23-7-11(22)19-10-5-3-9(16)4-6-10/h3-6,8H,7H2,1-2H3,(H,19,22). The fourth-order valence-electron chi connectivity index (χ4n) is 1.88. The summed E-state index contributed by atoms with van der Waals surface area (Å²) in [5.74, 6) is 0.149. The number of rotatable bonds is 5. The number of hydrogen-bond donors (Lipinski definition) is 1. The van der Waals surface area contributed by atoms with Gasteiger partial charge in [0.1, 0.15) is 16.1 Å². The van der Waals surface area contributed by atoms with Gasteiger partial charge in [-0.15, -0.1) is 0 Å². The average Bonchev–Trinajstić information content (AvgIpc) is 3.00. The van der Waals surface area contributed by atoms with Crippen molar-refractivity contribution in [2.45, 2.75) is 5.03 Å². The lowest BCUT2D eigenvalue weighted by Crippen LogP contribution is -2.14. The molecule has 0 saturated carbocycles. The zero-order valence-electron chi connectivity index (χ0n) is 13.0. The van der Waals surface area contributed by atoms with Gasteiger partial charge in [-0.1, -0.05) is 34.7 Å². The van der Waals surface area contributed by atoms with E-state index in [0.29, 0.717) is 16.4 Å². The van der Waals surface area contributed by atoms with Crippen LogP contribution in [0.4, 0.5) is 10.8 Å². The number of amides is 1. The van der Waals surface area contributed by atoms with Crippen LogP contribution in [0, 0.1) is 0 Å². The monoisotopic (exact) mass is 379 g/mol. The Morgan fingerprint density at radius 2 is 2.04 bits per heavy atom. The van der Waals surface area contributed by atoms with Crippen LogP contribution in [0.5, 0.6) is 0 Å². The lowest BCUT2D eigenvalue weighted by Gasteiger charge is -2.05. The van der Waals surface area contributed by atoms with Crippen molar-refractivity contribution in [3.8, 4) is 0 Å². The number of aromatic nitrogens is 3. The second-order valence-electron chi connectivity index (χ2n) is 5.07. The molecule has 3 aromatic rings. The first kappa shape index (κ1) is 16.9. The molecule has 124 valence electrons. The molecule has 0 aliphatic rings. The minimum Gasteiger partial charge on any atom is -0.354 e. The van der Waals surface area contributed by atoms with E-state index in [1.807, 2.05) is 19.0 Å². The Kier molecular flexibility index (Phi) is 5.17. The lowest BCUT2D eigenvalue weighted by molar-refractivity contribution is -0.113. The molecular weight excluding hydrogens is 366 g/mol. The van der Waals surface area contributed by atoms with Gasteiger partial charge in [0, 0.05) is 24.8 Å². The van der Waals surface area contributed by atoms with Crippen molar-refractivity contribution in [2.75, 3.05) is 30.1 Å². The molecule has 9 heteroatoms. The summed E-state index contributed by atoms with van der Waals surface area (Å²) >= 11 is 8.71. The predicted molar refractivity (Wildman–Crippen MR) is 100 cm³/mol. The summed E-state index contributed by atoms with van der Waals surface area (Å²) < 4.78 is 0.894. The van der Waals surface area contributed by atoms with Gasteiger partial charge in [-0.05, 0) is 24.3 Å². The molecule has 0 aliphatic carbocycles. The average molecular weight is 380 g/mol. The molecule has 0 radical (unpaired) electrons. The van der Waals surface area contributed by atoms with E-state index in [4.69, 9.17) is 11.6 Å². The molecule has 0 fully saturated rings. The summed E-state index contributed by atoms with van der Waals surface area (Å²) in [4.78, 5) is 26.9. The number of thiazole rings is 1. The van der Waals surface area contributed by atoms with Crippen LogP contribution in [0.15, 0.2) is 35.6 Å². The zero-order chi connectivity index (χ0) is 17.1. The fraction of sp³-hybridized carbons (Fsp3) is 0.200. The van der Waals surface area contributed by atoms with Crippen LogP contribution in [-0.4, -0.2) is 40.7 Å². The molecule has 6 nitrogen and oxygen atoms in total. The number of nitrogens with one attached hydrogen (secondary N) is 1. The Bertz CT molecular complexity index is 866. The second-order valence-corrected chi connectivity index (χ2v) is 7.44. The normalized spacial score (nSPS) is 10.8. The van der Waals surface area contributed by atoms with Crippen molar-refractivity contribution >= 4 is 61.8 Å². The van der Waals surface area contributed by atoms with Crippen LogP contribution in [-0.2, 0) is 4.79 Å². The highest BCUT2D eigenvalue weighted by molar-refractivity contribution is 8.00. The third kappa shape index (κ3) is 3.95. The van der Waals surface area contributed by atoms with Crippen molar-refractivity contribution < 1.29 is 4.79 Å². The molecule has 0 spiro atoms. The SMILES string of the molecule is CN(C)c1nc2ncnc(SCC(=O)Nc3ccc(Cl)cc3)c2s1. The van der Waals surface area contributed by atoms with Gasteiger partial charge < -0.3 is 10.2 Å². The molecule has 0 aliphatic heterocycles. The summed E-state index contributed by atoms with van der Waals surface area (Å²) in [6, 6.07) is 7.00. The Balaban J connectivity index is 1.68. The third-order valence-corrected chi connectivity index (χ3v) is 5.59. The van der Waals surface area contributed by atoms with E-state index >= 15 is 0 Å². The number of anilines is 2. The number of halogens is 1. The topological polar surface area (TPSA) is 71.0 Å². The Morgan fingerprint density at radius 1 is 1.29 bits per heavy atom. The first-order valence-corrected chi connectivity index (χ1v) is 9.18. The molecule has 1 amide bonds. The number of hydrogen-bond acceptors (Lipinski definition) is 7. The van der Waals surface area contributed by atoms with Crippen LogP contribution < -0.4 is 10.2 Å². The minimum absolute atomic E-state index is 0.105. The van der Waals surface area contributed by atoms with Gasteiger partial charge in [0.15, 0.2) is 10.8 Å². The molecule has 24 heavy (non-hydrogen) atoms. The summed E-state index contributed by atoms with van der Waals surface area (Å²) in [5, 5.41) is 5.08. The van der Waals surface area contributed by atoms with Crippen LogP contribution >= 0.6 is 34.7 Å². The second kappa shape index (κ2) is 7.33. The van der Waals surface area contributed by atoms with E-state index in [2.05, 4.69) is 20.3 Å². The molecule has 0 saturated heterocycles. The highest BCUT2D eigenvalue weighted by Gasteiger charge is 2.13. The van der Waals surface area contributed by atoms with E-state index in [-0.39, 0.29) is 11.7 Å². The molecule has 2 heterocycles. The maximum absolute atomic E-state index is 12.1. The van der Waals surface area contributed by atoms with E-state index in [1.54, 1.807) is 24.3 Å². The van der Waals surface area contributed by atoms with E-state index < -0.39 is 0 Å². The Morgan fingerprint density at radius 3 is 2.75 bits per heavy atom. The molecule has 3 rings (SSSR count). The van der Waals surface area contributed by atoms with Crippen LogP contribution in [0.2, 0.25) is 5.02 Å². The van der Waals surface area contributed by atoms with Crippen molar-refractivity contribution in [3.63, 3.8) is 0 Å². The lowest BCUT2D eigenvalue weighted by atomic mass is 10.3. The summed E-state index contributed by atoms with van der Waals surface area (Å²) in [7, 11) is 3.86. The number of carbonyl (C=O) groups is 1. The maximum atomic E-state index is 12.1. The number of fused-ring (bicyclic) bond motifs is 1. The number of nitrogens with zero attached hydrogens (tertiary/aromatic N) is 4. The minimum atomic E-state index is -0.105. The number of carbonyl (C=O) groups excluding carboxylic acids is 1. The van der Waals surface area contributed by atoms with E-state index in [9.17, 15) is 4.79 Å². The van der Waals surface area contributed by atoms with E-state index in [0.717, 1.165) is 14.9 Å². The first-order chi connectivity index (χ1) is 11.5. The molecule has 0 bridgehead atoms. The maximum Gasteiger partial charge on any atom is 0.234 e. The van der Waals surface area contributed by atoms with Gasteiger partial charge in [-0.25, -0.2) is 9.97 Å². The first-order valence-electron chi connectivity index (χ1n) is 7.00. The summed E-state index contributed by atoms with van der Waals surface area (Å²) in [5.41, 5.74) is 1.37. The Hall–Kier alpha value is -1.90. The predicted octanol–water partition coefficient (Wildman–Crippen LogP) is 3.54. The molecular formula is C15H14ClN5OS2.